The van der Waals surface area contributed by atoms with Gasteiger partial charge in [0, 0.05) is 31.1 Å². The number of methoxy groups -OCH3 is 2. The molecule has 0 radical (unpaired) electrons. The Hall–Kier alpha value is -3.09. The summed E-state index contributed by atoms with van der Waals surface area (Å²) in [6.07, 6.45) is 2.44. The third-order valence-corrected chi connectivity index (χ3v) is 3.76. The van der Waals surface area contributed by atoms with E-state index in [0.717, 1.165) is 11.3 Å². The van der Waals surface area contributed by atoms with Crippen LogP contribution < -0.4 is 20.3 Å². The van der Waals surface area contributed by atoms with Crippen molar-refractivity contribution < 1.29 is 14.3 Å². The lowest BCUT2D eigenvalue weighted by molar-refractivity contribution is -0.121. The van der Waals surface area contributed by atoms with Crippen LogP contribution in [0.4, 0.5) is 0 Å². The molecule has 0 unspecified atom stereocenters. The highest BCUT2D eigenvalue weighted by atomic mass is 16.5. The number of ether oxygens (including phenoxy) is 2. The van der Waals surface area contributed by atoms with Crippen LogP contribution in [0.1, 0.15) is 12.8 Å². The zero-order valence-corrected chi connectivity index (χ0v) is 15.0. The highest BCUT2D eigenvalue weighted by Gasteiger charge is 2.12. The smallest absolute Gasteiger partial charge is 0.270 e. The number of aromatic nitrogens is 2. The molecule has 1 aromatic carbocycles. The zero-order chi connectivity index (χ0) is 18.9. The summed E-state index contributed by atoms with van der Waals surface area (Å²) in [5, 5.41) is 7.12. The maximum atomic E-state index is 12.2. The average molecular weight is 357 g/mol. The average Bonchev–Trinajstić information content (AvgIpc) is 2.67. The number of carbonyl (C=O) groups is 1. The fourth-order valence-electron chi connectivity index (χ4n) is 2.40. The van der Waals surface area contributed by atoms with Crippen molar-refractivity contribution in [2.45, 2.75) is 19.4 Å². The fraction of sp³-hybridized carbons (Fsp3) is 0.316. The minimum absolute atomic E-state index is 0.0816. The number of benzene rings is 1. The van der Waals surface area contributed by atoms with Gasteiger partial charge >= 0.3 is 0 Å². The largest absolute Gasteiger partial charge is 0.497 e. The third kappa shape index (κ3) is 4.95. The first kappa shape index (κ1) is 19.2. The van der Waals surface area contributed by atoms with E-state index in [0.29, 0.717) is 37.4 Å². The maximum Gasteiger partial charge on any atom is 0.270 e. The van der Waals surface area contributed by atoms with Crippen molar-refractivity contribution in [2.24, 2.45) is 0 Å². The van der Waals surface area contributed by atoms with Crippen LogP contribution in [0.5, 0.6) is 11.5 Å². The van der Waals surface area contributed by atoms with Gasteiger partial charge in [-0.15, -0.1) is 6.58 Å². The summed E-state index contributed by atoms with van der Waals surface area (Å²) in [5.41, 5.74) is 1.09. The van der Waals surface area contributed by atoms with E-state index in [1.165, 1.54) is 17.9 Å². The van der Waals surface area contributed by atoms with Crippen molar-refractivity contribution in [1.82, 2.24) is 15.1 Å². The Kier molecular flexibility index (Phi) is 6.96. The summed E-state index contributed by atoms with van der Waals surface area (Å²) >= 11 is 0. The van der Waals surface area contributed by atoms with E-state index < -0.39 is 0 Å². The molecule has 1 heterocycles. The van der Waals surface area contributed by atoms with Gasteiger partial charge in [0.2, 0.25) is 5.91 Å². The molecule has 0 aliphatic carbocycles. The lowest BCUT2D eigenvalue weighted by atomic mass is 10.1. The molecule has 26 heavy (non-hydrogen) atoms. The van der Waals surface area contributed by atoms with Crippen LogP contribution in [0.2, 0.25) is 0 Å². The van der Waals surface area contributed by atoms with Crippen LogP contribution in [0.15, 0.2) is 47.8 Å². The number of nitrogens with one attached hydrogen (secondary N) is 1. The van der Waals surface area contributed by atoms with Gasteiger partial charge < -0.3 is 14.8 Å². The summed E-state index contributed by atoms with van der Waals surface area (Å²) < 4.78 is 11.8. The summed E-state index contributed by atoms with van der Waals surface area (Å²) in [5.74, 6) is 1.05. The number of nitrogens with zero attached hydrogens (tertiary/aromatic N) is 2. The van der Waals surface area contributed by atoms with Crippen molar-refractivity contribution in [3.8, 4) is 22.8 Å². The number of amides is 1. The van der Waals surface area contributed by atoms with Crippen LogP contribution in [0.25, 0.3) is 11.3 Å². The van der Waals surface area contributed by atoms with Gasteiger partial charge in [-0.1, -0.05) is 6.08 Å². The molecule has 138 valence electrons. The molecule has 0 fully saturated rings. The molecular weight excluding hydrogens is 334 g/mol. The minimum Gasteiger partial charge on any atom is -0.497 e. The van der Waals surface area contributed by atoms with E-state index in [1.807, 2.05) is 24.3 Å². The Labute approximate surface area is 152 Å². The lowest BCUT2D eigenvalue weighted by Crippen LogP contribution is -2.26. The molecule has 7 nitrogen and oxygen atoms in total. The molecule has 0 atom stereocenters. The molecule has 0 saturated heterocycles. The van der Waals surface area contributed by atoms with Gasteiger partial charge in [0.15, 0.2) is 5.75 Å². The minimum atomic E-state index is -0.273. The van der Waals surface area contributed by atoms with Gasteiger partial charge in [0.25, 0.3) is 5.56 Å². The van der Waals surface area contributed by atoms with E-state index in [-0.39, 0.29) is 11.5 Å². The number of carbonyl (C=O) groups excluding carboxylic acids is 1. The monoisotopic (exact) mass is 357 g/mol. The van der Waals surface area contributed by atoms with Crippen LogP contribution in [-0.4, -0.2) is 36.5 Å². The highest BCUT2D eigenvalue weighted by Crippen LogP contribution is 2.27. The van der Waals surface area contributed by atoms with Crippen molar-refractivity contribution in [1.29, 1.82) is 0 Å². The molecule has 2 rings (SSSR count). The van der Waals surface area contributed by atoms with Crippen LogP contribution in [0.3, 0.4) is 0 Å². The van der Waals surface area contributed by atoms with Gasteiger partial charge in [-0.05, 0) is 30.7 Å². The Bertz CT molecular complexity index is 813. The van der Waals surface area contributed by atoms with Crippen LogP contribution in [0, 0.1) is 0 Å². The molecule has 7 heteroatoms. The Morgan fingerprint density at radius 2 is 2.00 bits per heavy atom. The van der Waals surface area contributed by atoms with Gasteiger partial charge in [-0.25, -0.2) is 4.68 Å². The van der Waals surface area contributed by atoms with E-state index in [1.54, 1.807) is 13.2 Å². The van der Waals surface area contributed by atoms with Crippen LogP contribution >= 0.6 is 0 Å². The molecule has 0 aliphatic heterocycles. The second-order valence-electron chi connectivity index (χ2n) is 5.55. The number of hydrogen-bond acceptors (Lipinski definition) is 5. The third-order valence-electron chi connectivity index (χ3n) is 3.76. The fourth-order valence-corrected chi connectivity index (χ4v) is 2.40. The zero-order valence-electron chi connectivity index (χ0n) is 15.0. The van der Waals surface area contributed by atoms with Gasteiger partial charge in [0.05, 0.1) is 14.2 Å². The van der Waals surface area contributed by atoms with Crippen molar-refractivity contribution in [3.63, 3.8) is 0 Å². The maximum absolute atomic E-state index is 12.2. The normalized spacial score (nSPS) is 10.2. The van der Waals surface area contributed by atoms with Crippen molar-refractivity contribution in [2.75, 3.05) is 20.8 Å². The van der Waals surface area contributed by atoms with E-state index in [4.69, 9.17) is 9.47 Å². The first-order valence-electron chi connectivity index (χ1n) is 8.27. The van der Waals surface area contributed by atoms with Crippen molar-refractivity contribution >= 4 is 5.91 Å². The molecule has 0 aliphatic rings. The highest BCUT2D eigenvalue weighted by molar-refractivity contribution is 5.75. The lowest BCUT2D eigenvalue weighted by Gasteiger charge is -2.11. The Balaban J connectivity index is 2.18. The van der Waals surface area contributed by atoms with Crippen molar-refractivity contribution in [3.05, 3.63) is 53.3 Å². The topological polar surface area (TPSA) is 82.5 Å². The molecular formula is C19H23N3O4. The predicted molar refractivity (Wildman–Crippen MR) is 99.5 cm³/mol. The van der Waals surface area contributed by atoms with Gasteiger partial charge in [-0.2, -0.15) is 5.10 Å². The Morgan fingerprint density at radius 3 is 2.62 bits per heavy atom. The number of hydrogen-bond donors (Lipinski definition) is 1. The Morgan fingerprint density at radius 1 is 1.27 bits per heavy atom. The van der Waals surface area contributed by atoms with Gasteiger partial charge in [-0.3, -0.25) is 9.59 Å². The molecule has 1 amide bonds. The first-order valence-corrected chi connectivity index (χ1v) is 8.27. The summed E-state index contributed by atoms with van der Waals surface area (Å²) in [6.45, 7) is 4.32. The molecule has 0 spiro atoms. The number of aryl methyl sites for hydroxylation is 1. The van der Waals surface area contributed by atoms with Gasteiger partial charge in [0.1, 0.15) is 11.4 Å². The standard InChI is InChI=1S/C19H23N3O4/c1-4-11-20-17(23)6-5-12-22-18(24)13-16(26-3)19(21-22)14-7-9-15(25-2)10-8-14/h4,7-10,13H,1,5-6,11-12H2,2-3H3,(H,20,23). The molecule has 0 bridgehead atoms. The summed E-state index contributed by atoms with van der Waals surface area (Å²) in [4.78, 5) is 23.8. The second kappa shape index (κ2) is 9.41. The quantitative estimate of drug-likeness (QED) is 0.694. The predicted octanol–water partition coefficient (Wildman–Crippen LogP) is 2.01. The molecule has 2 aromatic rings. The molecule has 0 saturated carbocycles. The van der Waals surface area contributed by atoms with E-state index >= 15 is 0 Å². The molecule has 1 aromatic heterocycles. The number of rotatable bonds is 9. The van der Waals surface area contributed by atoms with E-state index in [2.05, 4.69) is 17.0 Å². The van der Waals surface area contributed by atoms with E-state index in [9.17, 15) is 9.59 Å². The second-order valence-corrected chi connectivity index (χ2v) is 5.55. The molecule has 1 N–H and O–H groups in total. The summed E-state index contributed by atoms with van der Waals surface area (Å²) in [7, 11) is 3.09. The first-order chi connectivity index (χ1) is 12.6. The van der Waals surface area contributed by atoms with Crippen LogP contribution in [-0.2, 0) is 11.3 Å². The SMILES string of the molecule is C=CCNC(=O)CCCn1nc(-c2ccc(OC)cc2)c(OC)cc1=O. The summed E-state index contributed by atoms with van der Waals surface area (Å²) in [6, 6.07) is 8.73.